The predicted octanol–water partition coefficient (Wildman–Crippen LogP) is 4.50. The largest absolute Gasteiger partial charge is 0.273 e. The van der Waals surface area contributed by atoms with Gasteiger partial charge in [-0.1, -0.05) is 70.7 Å². The molecule has 0 aliphatic carbocycles. The fourth-order valence-corrected chi connectivity index (χ4v) is 2.76. The molecule has 4 nitrogen and oxygen atoms in total. The second-order valence-electron chi connectivity index (χ2n) is 7.26. The third kappa shape index (κ3) is 8.71. The second-order valence-corrected chi connectivity index (χ2v) is 7.26. The lowest BCUT2D eigenvalue weighted by atomic mass is 9.96. The van der Waals surface area contributed by atoms with E-state index < -0.39 is 0 Å². The Balaban J connectivity index is 2.34. The van der Waals surface area contributed by atoms with Crippen molar-refractivity contribution in [2.24, 2.45) is 5.92 Å². The van der Waals surface area contributed by atoms with Gasteiger partial charge in [0.05, 0.1) is 5.92 Å². The van der Waals surface area contributed by atoms with Crippen LogP contribution in [0.4, 0.5) is 0 Å². The molecule has 25 heavy (non-hydrogen) atoms. The van der Waals surface area contributed by atoms with Crippen LogP contribution in [-0.4, -0.2) is 11.8 Å². The molecule has 140 valence electrons. The summed E-state index contributed by atoms with van der Waals surface area (Å²) in [5.41, 5.74) is 7.30. The molecule has 0 fully saturated rings. The Morgan fingerprint density at radius 2 is 1.56 bits per heavy atom. The molecule has 0 radical (unpaired) electrons. The van der Waals surface area contributed by atoms with Gasteiger partial charge in [0.2, 0.25) is 11.8 Å². The number of carbonyl (C=O) groups excluding carboxylic acids is 2. The highest BCUT2D eigenvalue weighted by Gasteiger charge is 2.15. The zero-order valence-electron chi connectivity index (χ0n) is 16.2. The van der Waals surface area contributed by atoms with Crippen molar-refractivity contribution in [1.82, 2.24) is 10.9 Å². The SMILES string of the molecule is CCCCCCCC(=O)NNC(=O)C(C)c1ccc(CC(C)C)cc1. The van der Waals surface area contributed by atoms with Gasteiger partial charge in [0, 0.05) is 6.42 Å². The van der Waals surface area contributed by atoms with Crippen LogP contribution < -0.4 is 10.9 Å². The van der Waals surface area contributed by atoms with Gasteiger partial charge in [-0.15, -0.1) is 0 Å². The van der Waals surface area contributed by atoms with Crippen molar-refractivity contribution >= 4 is 11.8 Å². The normalized spacial score (nSPS) is 12.0. The maximum Gasteiger partial charge on any atom is 0.245 e. The van der Waals surface area contributed by atoms with Crippen LogP contribution in [0.5, 0.6) is 0 Å². The number of amides is 2. The fourth-order valence-electron chi connectivity index (χ4n) is 2.76. The monoisotopic (exact) mass is 346 g/mol. The highest BCUT2D eigenvalue weighted by Crippen LogP contribution is 2.17. The molecule has 0 saturated heterocycles. The van der Waals surface area contributed by atoms with Crippen LogP contribution in [0.2, 0.25) is 0 Å². The van der Waals surface area contributed by atoms with Gasteiger partial charge in [0.15, 0.2) is 0 Å². The van der Waals surface area contributed by atoms with E-state index in [1.54, 1.807) is 0 Å². The van der Waals surface area contributed by atoms with Crippen molar-refractivity contribution in [2.75, 3.05) is 0 Å². The quantitative estimate of drug-likeness (QED) is 0.484. The molecule has 0 aromatic heterocycles. The summed E-state index contributed by atoms with van der Waals surface area (Å²) in [7, 11) is 0. The van der Waals surface area contributed by atoms with Crippen LogP contribution in [0.3, 0.4) is 0 Å². The van der Waals surface area contributed by atoms with E-state index in [1.807, 2.05) is 19.1 Å². The Morgan fingerprint density at radius 3 is 2.16 bits per heavy atom. The molecule has 0 spiro atoms. The number of carbonyl (C=O) groups is 2. The van der Waals surface area contributed by atoms with E-state index in [9.17, 15) is 9.59 Å². The summed E-state index contributed by atoms with van der Waals surface area (Å²) in [5, 5.41) is 0. The Kier molecular flexibility index (Phi) is 9.90. The van der Waals surface area contributed by atoms with E-state index in [-0.39, 0.29) is 17.7 Å². The topological polar surface area (TPSA) is 58.2 Å². The second kappa shape index (κ2) is 11.7. The van der Waals surface area contributed by atoms with Crippen molar-refractivity contribution in [2.45, 2.75) is 78.6 Å². The lowest BCUT2D eigenvalue weighted by molar-refractivity contribution is -0.129. The van der Waals surface area contributed by atoms with Crippen molar-refractivity contribution < 1.29 is 9.59 Å². The number of rotatable bonds is 10. The molecule has 2 N–H and O–H groups in total. The first kappa shape index (κ1) is 21.2. The summed E-state index contributed by atoms with van der Waals surface area (Å²) in [6, 6.07) is 8.15. The van der Waals surface area contributed by atoms with Gasteiger partial charge in [0.1, 0.15) is 0 Å². The third-order valence-electron chi connectivity index (χ3n) is 4.35. The highest BCUT2D eigenvalue weighted by atomic mass is 16.2. The van der Waals surface area contributed by atoms with Crippen molar-refractivity contribution in [3.05, 3.63) is 35.4 Å². The van der Waals surface area contributed by atoms with E-state index in [2.05, 4.69) is 43.8 Å². The molecule has 0 aliphatic rings. The summed E-state index contributed by atoms with van der Waals surface area (Å²) < 4.78 is 0. The minimum Gasteiger partial charge on any atom is -0.273 e. The average molecular weight is 347 g/mol. The van der Waals surface area contributed by atoms with Gasteiger partial charge in [0.25, 0.3) is 0 Å². The first-order chi connectivity index (χ1) is 11.9. The Labute approximate surface area is 152 Å². The number of nitrogens with one attached hydrogen (secondary N) is 2. The van der Waals surface area contributed by atoms with Gasteiger partial charge in [-0.2, -0.15) is 0 Å². The van der Waals surface area contributed by atoms with Gasteiger partial charge < -0.3 is 0 Å². The Bertz CT molecular complexity index is 523. The van der Waals surface area contributed by atoms with Crippen LogP contribution in [-0.2, 0) is 16.0 Å². The van der Waals surface area contributed by atoms with E-state index in [1.165, 1.54) is 24.8 Å². The molecule has 1 rings (SSSR count). The van der Waals surface area contributed by atoms with Gasteiger partial charge in [-0.05, 0) is 36.8 Å². The number of hydrogen-bond donors (Lipinski definition) is 2. The Morgan fingerprint density at radius 1 is 0.920 bits per heavy atom. The van der Waals surface area contributed by atoms with Crippen molar-refractivity contribution in [3.8, 4) is 0 Å². The lowest BCUT2D eigenvalue weighted by Crippen LogP contribution is -2.43. The number of hydrogen-bond acceptors (Lipinski definition) is 2. The number of unbranched alkanes of at least 4 members (excludes halogenated alkanes) is 4. The van der Waals surface area contributed by atoms with E-state index in [0.717, 1.165) is 24.8 Å². The molecule has 0 bridgehead atoms. The van der Waals surface area contributed by atoms with Crippen LogP contribution in [0.1, 0.15) is 83.3 Å². The number of hydrazine groups is 1. The van der Waals surface area contributed by atoms with Crippen LogP contribution in [0, 0.1) is 5.92 Å². The molecule has 0 saturated carbocycles. The first-order valence-corrected chi connectivity index (χ1v) is 9.61. The van der Waals surface area contributed by atoms with Gasteiger partial charge >= 0.3 is 0 Å². The lowest BCUT2D eigenvalue weighted by Gasteiger charge is -2.14. The average Bonchev–Trinajstić information content (AvgIpc) is 2.59. The van der Waals surface area contributed by atoms with Crippen molar-refractivity contribution in [3.63, 3.8) is 0 Å². The fraction of sp³-hybridized carbons (Fsp3) is 0.619. The smallest absolute Gasteiger partial charge is 0.245 e. The van der Waals surface area contributed by atoms with Crippen LogP contribution >= 0.6 is 0 Å². The summed E-state index contributed by atoms with van der Waals surface area (Å²) in [4.78, 5) is 24.0. The van der Waals surface area contributed by atoms with Gasteiger partial charge in [-0.25, -0.2) is 0 Å². The summed E-state index contributed by atoms with van der Waals surface area (Å²) in [6.45, 7) is 8.40. The third-order valence-corrected chi connectivity index (χ3v) is 4.35. The summed E-state index contributed by atoms with van der Waals surface area (Å²) >= 11 is 0. The maximum absolute atomic E-state index is 12.2. The number of benzene rings is 1. The molecule has 0 aliphatic heterocycles. The van der Waals surface area contributed by atoms with E-state index in [4.69, 9.17) is 0 Å². The van der Waals surface area contributed by atoms with Crippen molar-refractivity contribution in [1.29, 1.82) is 0 Å². The molecule has 2 amide bonds. The molecule has 1 unspecified atom stereocenters. The molecular weight excluding hydrogens is 312 g/mol. The molecule has 1 aromatic carbocycles. The minimum atomic E-state index is -0.294. The minimum absolute atomic E-state index is 0.121. The molecule has 1 atom stereocenters. The molecule has 1 aromatic rings. The van der Waals surface area contributed by atoms with Crippen LogP contribution in [0.25, 0.3) is 0 Å². The molecular formula is C21H34N2O2. The Hall–Kier alpha value is -1.84. The zero-order chi connectivity index (χ0) is 18.7. The molecule has 4 heteroatoms. The van der Waals surface area contributed by atoms with Crippen LogP contribution in [0.15, 0.2) is 24.3 Å². The maximum atomic E-state index is 12.2. The standard InChI is InChI=1S/C21H34N2O2/c1-5-6-7-8-9-10-20(24)22-23-21(25)17(4)19-13-11-18(12-14-19)15-16(2)3/h11-14,16-17H,5-10,15H2,1-4H3,(H,22,24)(H,23,25). The summed E-state index contributed by atoms with van der Waals surface area (Å²) in [5.74, 6) is 0.0157. The van der Waals surface area contributed by atoms with E-state index in [0.29, 0.717) is 12.3 Å². The van der Waals surface area contributed by atoms with E-state index >= 15 is 0 Å². The predicted molar refractivity (Wildman–Crippen MR) is 103 cm³/mol. The summed E-state index contributed by atoms with van der Waals surface area (Å²) in [6.07, 6.45) is 7.00. The zero-order valence-corrected chi connectivity index (χ0v) is 16.2. The first-order valence-electron chi connectivity index (χ1n) is 9.61. The molecule has 0 heterocycles. The van der Waals surface area contributed by atoms with Gasteiger partial charge in [-0.3, -0.25) is 20.4 Å². The highest BCUT2D eigenvalue weighted by molar-refractivity contribution is 5.86.